The summed E-state index contributed by atoms with van der Waals surface area (Å²) in [6.07, 6.45) is 0.965. The molecule has 19 heavy (non-hydrogen) atoms. The summed E-state index contributed by atoms with van der Waals surface area (Å²) in [4.78, 5) is 10.8. The predicted octanol–water partition coefficient (Wildman–Crippen LogP) is 3.88. The highest BCUT2D eigenvalue weighted by Gasteiger charge is 2.08. The minimum absolute atomic E-state index is 0.0665. The monoisotopic (exact) mass is 254 g/mol. The van der Waals surface area contributed by atoms with Crippen molar-refractivity contribution < 1.29 is 9.53 Å². The Morgan fingerprint density at radius 2 is 1.89 bits per heavy atom. The van der Waals surface area contributed by atoms with Gasteiger partial charge in [-0.2, -0.15) is 0 Å². The maximum atomic E-state index is 10.8. The molecule has 0 radical (unpaired) electrons. The number of carbonyl (C=O) groups is 1. The van der Waals surface area contributed by atoms with Crippen LogP contribution in [0.5, 0.6) is 5.75 Å². The van der Waals surface area contributed by atoms with E-state index in [0.29, 0.717) is 6.61 Å². The second-order valence-corrected chi connectivity index (χ2v) is 4.72. The Kier molecular flexibility index (Phi) is 4.35. The van der Waals surface area contributed by atoms with Gasteiger partial charge in [0, 0.05) is 5.92 Å². The Labute approximate surface area is 114 Å². The molecule has 2 aromatic rings. The van der Waals surface area contributed by atoms with Gasteiger partial charge in [0.2, 0.25) is 0 Å². The zero-order chi connectivity index (χ0) is 13.7. The van der Waals surface area contributed by atoms with Gasteiger partial charge < -0.3 is 9.53 Å². The molecule has 98 valence electrons. The van der Waals surface area contributed by atoms with Crippen LogP contribution in [0.15, 0.2) is 48.5 Å². The molecule has 0 fully saturated rings. The first-order chi connectivity index (χ1) is 9.20. The van der Waals surface area contributed by atoms with Crippen LogP contribution in [0, 0.1) is 6.92 Å². The van der Waals surface area contributed by atoms with E-state index in [2.05, 4.69) is 0 Å². The highest BCUT2D eigenvalue weighted by atomic mass is 16.5. The molecule has 0 aliphatic rings. The van der Waals surface area contributed by atoms with Crippen LogP contribution in [0.4, 0.5) is 0 Å². The fourth-order valence-corrected chi connectivity index (χ4v) is 2.06. The SMILES string of the molecule is Cc1cc(OCc2ccccc2)ccc1C(C)C=O. The van der Waals surface area contributed by atoms with Gasteiger partial charge in [0.25, 0.3) is 0 Å². The lowest BCUT2D eigenvalue weighted by Gasteiger charge is -2.12. The zero-order valence-electron chi connectivity index (χ0n) is 11.3. The van der Waals surface area contributed by atoms with E-state index >= 15 is 0 Å². The van der Waals surface area contributed by atoms with Gasteiger partial charge in [-0.25, -0.2) is 0 Å². The fourth-order valence-electron chi connectivity index (χ4n) is 2.06. The Morgan fingerprint density at radius 1 is 1.16 bits per heavy atom. The van der Waals surface area contributed by atoms with Crippen LogP contribution in [0.2, 0.25) is 0 Å². The van der Waals surface area contributed by atoms with Crippen molar-refractivity contribution in [1.29, 1.82) is 0 Å². The number of aryl methyl sites for hydroxylation is 1. The largest absolute Gasteiger partial charge is 0.489 e. The molecule has 1 atom stereocenters. The van der Waals surface area contributed by atoms with Crippen molar-refractivity contribution in [3.8, 4) is 5.75 Å². The molecule has 1 unspecified atom stereocenters. The average Bonchev–Trinajstić information content (AvgIpc) is 2.45. The van der Waals surface area contributed by atoms with Gasteiger partial charge in [-0.1, -0.05) is 43.3 Å². The van der Waals surface area contributed by atoms with Gasteiger partial charge in [-0.3, -0.25) is 0 Å². The normalized spacial score (nSPS) is 11.9. The molecule has 2 rings (SSSR count). The maximum absolute atomic E-state index is 10.8. The number of hydrogen-bond acceptors (Lipinski definition) is 2. The van der Waals surface area contributed by atoms with E-state index < -0.39 is 0 Å². The second-order valence-electron chi connectivity index (χ2n) is 4.72. The van der Waals surface area contributed by atoms with Gasteiger partial charge in [-0.15, -0.1) is 0 Å². The van der Waals surface area contributed by atoms with Crippen LogP contribution >= 0.6 is 0 Å². The maximum Gasteiger partial charge on any atom is 0.127 e. The fraction of sp³-hybridized carbons (Fsp3) is 0.235. The lowest BCUT2D eigenvalue weighted by molar-refractivity contribution is -0.108. The highest BCUT2D eigenvalue weighted by molar-refractivity contribution is 5.62. The van der Waals surface area contributed by atoms with E-state index in [1.54, 1.807) is 0 Å². The summed E-state index contributed by atoms with van der Waals surface area (Å²) < 4.78 is 5.75. The molecule has 2 aromatic carbocycles. The van der Waals surface area contributed by atoms with Gasteiger partial charge >= 0.3 is 0 Å². The van der Waals surface area contributed by atoms with Crippen molar-refractivity contribution in [3.05, 3.63) is 65.2 Å². The van der Waals surface area contributed by atoms with E-state index in [1.165, 1.54) is 0 Å². The van der Waals surface area contributed by atoms with Crippen molar-refractivity contribution in [1.82, 2.24) is 0 Å². The molecule has 0 heterocycles. The quantitative estimate of drug-likeness (QED) is 0.757. The third-order valence-electron chi connectivity index (χ3n) is 3.18. The van der Waals surface area contributed by atoms with Crippen molar-refractivity contribution in [2.75, 3.05) is 0 Å². The summed E-state index contributed by atoms with van der Waals surface area (Å²) in [5.41, 5.74) is 3.29. The van der Waals surface area contributed by atoms with Gasteiger partial charge in [-0.05, 0) is 35.7 Å². The molecule has 0 saturated carbocycles. The number of hydrogen-bond donors (Lipinski definition) is 0. The topological polar surface area (TPSA) is 26.3 Å². The molecule has 0 saturated heterocycles. The minimum Gasteiger partial charge on any atom is -0.489 e. The summed E-state index contributed by atoms with van der Waals surface area (Å²) in [6.45, 7) is 4.47. The standard InChI is InChI=1S/C17H18O2/c1-13-10-16(8-9-17(13)14(2)11-18)19-12-15-6-4-3-5-7-15/h3-11,14H,12H2,1-2H3. The number of aldehydes is 1. The number of benzene rings is 2. The van der Waals surface area contributed by atoms with Crippen LogP contribution in [-0.4, -0.2) is 6.29 Å². The zero-order valence-corrected chi connectivity index (χ0v) is 11.3. The molecule has 0 aromatic heterocycles. The van der Waals surface area contributed by atoms with Crippen LogP contribution in [0.25, 0.3) is 0 Å². The second kappa shape index (κ2) is 6.19. The van der Waals surface area contributed by atoms with Crippen molar-refractivity contribution in [3.63, 3.8) is 0 Å². The van der Waals surface area contributed by atoms with Crippen LogP contribution < -0.4 is 4.74 Å². The summed E-state index contributed by atoms with van der Waals surface area (Å²) in [5, 5.41) is 0. The lowest BCUT2D eigenvalue weighted by atomic mass is 9.97. The van der Waals surface area contributed by atoms with Gasteiger partial charge in [0.15, 0.2) is 0 Å². The smallest absolute Gasteiger partial charge is 0.127 e. The first-order valence-electron chi connectivity index (χ1n) is 6.43. The first kappa shape index (κ1) is 13.3. The highest BCUT2D eigenvalue weighted by Crippen LogP contribution is 2.23. The predicted molar refractivity (Wildman–Crippen MR) is 76.4 cm³/mol. The minimum atomic E-state index is -0.0665. The summed E-state index contributed by atoms with van der Waals surface area (Å²) >= 11 is 0. The van der Waals surface area contributed by atoms with Crippen LogP contribution in [-0.2, 0) is 11.4 Å². The molecule has 0 N–H and O–H groups in total. The van der Waals surface area contributed by atoms with E-state index in [0.717, 1.165) is 28.7 Å². The van der Waals surface area contributed by atoms with Crippen LogP contribution in [0.3, 0.4) is 0 Å². The van der Waals surface area contributed by atoms with E-state index in [9.17, 15) is 4.79 Å². The molecular formula is C17H18O2. The molecule has 0 aliphatic heterocycles. The van der Waals surface area contributed by atoms with Crippen LogP contribution in [0.1, 0.15) is 29.5 Å². The van der Waals surface area contributed by atoms with Gasteiger partial charge in [0.1, 0.15) is 18.6 Å². The van der Waals surface area contributed by atoms with Crippen molar-refractivity contribution in [2.45, 2.75) is 26.4 Å². The molecular weight excluding hydrogens is 236 g/mol. The molecule has 0 spiro atoms. The molecule has 0 amide bonds. The van der Waals surface area contributed by atoms with Crippen molar-refractivity contribution >= 4 is 6.29 Å². The Morgan fingerprint density at radius 3 is 2.53 bits per heavy atom. The van der Waals surface area contributed by atoms with E-state index in [-0.39, 0.29) is 5.92 Å². The average molecular weight is 254 g/mol. The Balaban J connectivity index is 2.06. The number of carbonyl (C=O) groups excluding carboxylic acids is 1. The lowest BCUT2D eigenvalue weighted by Crippen LogP contribution is -1.99. The summed E-state index contributed by atoms with van der Waals surface area (Å²) in [6, 6.07) is 15.9. The number of rotatable bonds is 5. The third-order valence-corrected chi connectivity index (χ3v) is 3.18. The molecule has 2 heteroatoms. The van der Waals surface area contributed by atoms with E-state index in [1.807, 2.05) is 62.4 Å². The van der Waals surface area contributed by atoms with Crippen molar-refractivity contribution in [2.24, 2.45) is 0 Å². The van der Waals surface area contributed by atoms with Gasteiger partial charge in [0.05, 0.1) is 0 Å². The molecule has 2 nitrogen and oxygen atoms in total. The summed E-state index contributed by atoms with van der Waals surface area (Å²) in [5.74, 6) is 0.770. The first-order valence-corrected chi connectivity index (χ1v) is 6.43. The van der Waals surface area contributed by atoms with E-state index in [4.69, 9.17) is 4.74 Å². The third kappa shape index (κ3) is 3.44. The summed E-state index contributed by atoms with van der Waals surface area (Å²) in [7, 11) is 0. The Bertz CT molecular complexity index is 546. The molecule has 0 aliphatic carbocycles. The molecule has 0 bridgehead atoms. The number of ether oxygens (including phenoxy) is 1. The Hall–Kier alpha value is -2.09.